The van der Waals surface area contributed by atoms with E-state index in [0.29, 0.717) is 12.8 Å². The SMILES string of the molecule is Cc1cc2c(C3CCC(=O)NC3=O)n[nH]c2cc1CCCCCC(C)C. The molecule has 1 atom stereocenters. The van der Waals surface area contributed by atoms with Gasteiger partial charge in [-0.05, 0) is 55.4 Å². The number of rotatable bonds is 7. The maximum absolute atomic E-state index is 12.2. The number of aryl methyl sites for hydroxylation is 2. The van der Waals surface area contributed by atoms with Crippen LogP contribution in [0.2, 0.25) is 0 Å². The van der Waals surface area contributed by atoms with Gasteiger partial charge in [-0.2, -0.15) is 5.10 Å². The lowest BCUT2D eigenvalue weighted by molar-refractivity contribution is -0.134. The largest absolute Gasteiger partial charge is 0.296 e. The van der Waals surface area contributed by atoms with Gasteiger partial charge in [0, 0.05) is 11.8 Å². The number of imide groups is 1. The smallest absolute Gasteiger partial charge is 0.235 e. The van der Waals surface area contributed by atoms with Gasteiger partial charge in [0.1, 0.15) is 0 Å². The maximum Gasteiger partial charge on any atom is 0.235 e. The van der Waals surface area contributed by atoms with Gasteiger partial charge in [-0.25, -0.2) is 0 Å². The Morgan fingerprint density at radius 2 is 2.00 bits per heavy atom. The fourth-order valence-corrected chi connectivity index (χ4v) is 3.77. The number of aromatic amines is 1. The van der Waals surface area contributed by atoms with Crippen LogP contribution in [-0.4, -0.2) is 22.0 Å². The summed E-state index contributed by atoms with van der Waals surface area (Å²) in [7, 11) is 0. The highest BCUT2D eigenvalue weighted by Crippen LogP contribution is 2.31. The molecule has 1 unspecified atom stereocenters. The average Bonchev–Trinajstić information content (AvgIpc) is 2.97. The molecule has 3 rings (SSSR count). The fourth-order valence-electron chi connectivity index (χ4n) is 3.77. The van der Waals surface area contributed by atoms with Crippen molar-refractivity contribution in [2.75, 3.05) is 0 Å². The number of unbranched alkanes of at least 4 members (excludes halogenated alkanes) is 2. The summed E-state index contributed by atoms with van der Waals surface area (Å²) in [5.41, 5.74) is 4.33. The van der Waals surface area contributed by atoms with Gasteiger partial charge < -0.3 is 0 Å². The Hall–Kier alpha value is -2.17. The highest BCUT2D eigenvalue weighted by molar-refractivity contribution is 6.02. The molecule has 1 saturated heterocycles. The van der Waals surface area contributed by atoms with Gasteiger partial charge >= 0.3 is 0 Å². The lowest BCUT2D eigenvalue weighted by Crippen LogP contribution is -2.39. The first-order valence-electron chi connectivity index (χ1n) is 9.77. The summed E-state index contributed by atoms with van der Waals surface area (Å²) in [6.45, 7) is 6.68. The van der Waals surface area contributed by atoms with Crippen molar-refractivity contribution in [1.29, 1.82) is 0 Å². The first-order chi connectivity index (χ1) is 12.5. The number of H-pyrrole nitrogens is 1. The van der Waals surface area contributed by atoms with E-state index in [4.69, 9.17) is 0 Å². The van der Waals surface area contributed by atoms with Crippen molar-refractivity contribution in [2.45, 2.75) is 71.6 Å². The summed E-state index contributed by atoms with van der Waals surface area (Å²) in [5, 5.41) is 10.9. The van der Waals surface area contributed by atoms with Crippen LogP contribution in [0.25, 0.3) is 10.9 Å². The average molecular weight is 355 g/mol. The van der Waals surface area contributed by atoms with Gasteiger partial charge in [0.15, 0.2) is 0 Å². The molecular formula is C21H29N3O2. The molecule has 26 heavy (non-hydrogen) atoms. The van der Waals surface area contributed by atoms with Crippen LogP contribution in [0.3, 0.4) is 0 Å². The van der Waals surface area contributed by atoms with Crippen molar-refractivity contribution in [3.63, 3.8) is 0 Å². The Kier molecular flexibility index (Phi) is 5.74. The van der Waals surface area contributed by atoms with Gasteiger partial charge in [0.25, 0.3) is 0 Å². The Morgan fingerprint density at radius 3 is 2.73 bits per heavy atom. The number of nitrogens with one attached hydrogen (secondary N) is 2. The van der Waals surface area contributed by atoms with Crippen molar-refractivity contribution in [3.05, 3.63) is 29.0 Å². The minimum Gasteiger partial charge on any atom is -0.296 e. The topological polar surface area (TPSA) is 74.8 Å². The van der Waals surface area contributed by atoms with Gasteiger partial charge in [-0.15, -0.1) is 0 Å². The molecule has 2 heterocycles. The van der Waals surface area contributed by atoms with E-state index in [-0.39, 0.29) is 17.7 Å². The first kappa shape index (κ1) is 18.6. The van der Waals surface area contributed by atoms with E-state index in [9.17, 15) is 9.59 Å². The van der Waals surface area contributed by atoms with Crippen molar-refractivity contribution in [2.24, 2.45) is 5.92 Å². The molecule has 2 N–H and O–H groups in total. The summed E-state index contributed by atoms with van der Waals surface area (Å²) in [4.78, 5) is 23.5. The molecule has 5 heteroatoms. The number of fused-ring (bicyclic) bond motifs is 1. The van der Waals surface area contributed by atoms with Crippen LogP contribution < -0.4 is 5.32 Å². The number of benzene rings is 1. The van der Waals surface area contributed by atoms with Crippen molar-refractivity contribution < 1.29 is 9.59 Å². The number of carbonyl (C=O) groups excluding carboxylic acids is 2. The standard InChI is InChI=1S/C21H29N3O2/c1-13(2)7-5-4-6-8-15-12-18-17(11-14(15)3)20(24-23-18)16-9-10-19(25)22-21(16)26/h11-13,16H,4-10H2,1-3H3,(H,23,24)(H,22,25,26). The van der Waals surface area contributed by atoms with Crippen LogP contribution in [0, 0.1) is 12.8 Å². The number of hydrogen-bond acceptors (Lipinski definition) is 3. The molecule has 0 radical (unpaired) electrons. The van der Waals surface area contributed by atoms with E-state index in [0.717, 1.165) is 28.9 Å². The van der Waals surface area contributed by atoms with E-state index in [1.54, 1.807) is 0 Å². The van der Waals surface area contributed by atoms with Gasteiger partial charge in [0.05, 0.1) is 17.1 Å². The van der Waals surface area contributed by atoms with Crippen LogP contribution in [0.4, 0.5) is 0 Å². The molecule has 5 nitrogen and oxygen atoms in total. The van der Waals surface area contributed by atoms with E-state index in [1.807, 2.05) is 0 Å². The molecule has 1 aromatic heterocycles. The third-order valence-electron chi connectivity index (χ3n) is 5.35. The van der Waals surface area contributed by atoms with Gasteiger partial charge in [-0.3, -0.25) is 20.0 Å². The summed E-state index contributed by atoms with van der Waals surface area (Å²) in [6.07, 6.45) is 7.04. The highest BCUT2D eigenvalue weighted by atomic mass is 16.2. The summed E-state index contributed by atoms with van der Waals surface area (Å²) < 4.78 is 0. The lowest BCUT2D eigenvalue weighted by Gasteiger charge is -2.19. The van der Waals surface area contributed by atoms with Gasteiger partial charge in [0.2, 0.25) is 11.8 Å². The van der Waals surface area contributed by atoms with E-state index < -0.39 is 0 Å². The number of piperidine rings is 1. The quantitative estimate of drug-likeness (QED) is 0.579. The summed E-state index contributed by atoms with van der Waals surface area (Å²) in [6, 6.07) is 4.32. The molecule has 140 valence electrons. The minimum absolute atomic E-state index is 0.193. The second-order valence-corrected chi connectivity index (χ2v) is 7.93. The molecule has 0 spiro atoms. The monoisotopic (exact) mass is 355 g/mol. The Bertz CT molecular complexity index is 807. The predicted molar refractivity (Wildman–Crippen MR) is 103 cm³/mol. The lowest BCUT2D eigenvalue weighted by atomic mass is 9.91. The first-order valence-corrected chi connectivity index (χ1v) is 9.77. The zero-order valence-electron chi connectivity index (χ0n) is 16.0. The second kappa shape index (κ2) is 8.02. The van der Waals surface area contributed by atoms with Gasteiger partial charge in [-0.1, -0.05) is 33.1 Å². The summed E-state index contributed by atoms with van der Waals surface area (Å²) >= 11 is 0. The fraction of sp³-hybridized carbons (Fsp3) is 0.571. The van der Waals surface area contributed by atoms with Crippen LogP contribution in [0.15, 0.2) is 12.1 Å². The van der Waals surface area contributed by atoms with Crippen molar-refractivity contribution in [1.82, 2.24) is 15.5 Å². The molecule has 1 fully saturated rings. The molecule has 1 aromatic carbocycles. The maximum atomic E-state index is 12.2. The van der Waals surface area contributed by atoms with Crippen LogP contribution in [0.1, 0.15) is 75.1 Å². The predicted octanol–water partition coefficient (Wildman–Crippen LogP) is 4.15. The number of aromatic nitrogens is 2. The summed E-state index contributed by atoms with van der Waals surface area (Å²) in [5.74, 6) is 0.00933. The number of hydrogen-bond donors (Lipinski definition) is 2. The molecule has 0 saturated carbocycles. The van der Waals surface area contributed by atoms with Crippen molar-refractivity contribution >= 4 is 22.7 Å². The van der Waals surface area contributed by atoms with Crippen molar-refractivity contribution in [3.8, 4) is 0 Å². The molecule has 2 aromatic rings. The van der Waals surface area contributed by atoms with Crippen LogP contribution in [-0.2, 0) is 16.0 Å². The minimum atomic E-state index is -0.345. The van der Waals surface area contributed by atoms with E-state index in [2.05, 4.69) is 48.4 Å². The molecular weight excluding hydrogens is 326 g/mol. The second-order valence-electron chi connectivity index (χ2n) is 7.93. The Balaban J connectivity index is 1.72. The highest BCUT2D eigenvalue weighted by Gasteiger charge is 2.31. The van der Waals surface area contributed by atoms with Crippen LogP contribution >= 0.6 is 0 Å². The number of carbonyl (C=O) groups is 2. The third-order valence-corrected chi connectivity index (χ3v) is 5.35. The molecule has 0 aliphatic carbocycles. The Labute approximate surface area is 154 Å². The molecule has 2 amide bonds. The van der Waals surface area contributed by atoms with Crippen LogP contribution in [0.5, 0.6) is 0 Å². The zero-order valence-corrected chi connectivity index (χ0v) is 16.0. The third kappa shape index (κ3) is 4.14. The molecule has 1 aliphatic rings. The normalized spacial score (nSPS) is 17.9. The number of amides is 2. The van der Waals surface area contributed by atoms with E-state index in [1.165, 1.54) is 36.8 Å². The van der Waals surface area contributed by atoms with E-state index >= 15 is 0 Å². The molecule has 0 bridgehead atoms. The number of nitrogens with zero attached hydrogens (tertiary/aromatic N) is 1. The molecule has 1 aliphatic heterocycles. The zero-order chi connectivity index (χ0) is 18.7. The Morgan fingerprint density at radius 1 is 1.19 bits per heavy atom.